The van der Waals surface area contributed by atoms with Gasteiger partial charge < -0.3 is 29.2 Å². The van der Waals surface area contributed by atoms with E-state index in [1.54, 1.807) is 47.5 Å². The number of hydrogen-bond donors (Lipinski definition) is 0. The monoisotopic (exact) mass is 716 g/mol. The fourth-order valence-electron chi connectivity index (χ4n) is 4.62. The van der Waals surface area contributed by atoms with Crippen LogP contribution >= 0.6 is 0 Å². The van der Waals surface area contributed by atoms with Crippen LogP contribution in [0.3, 0.4) is 0 Å². The molecule has 0 saturated carbocycles. The Labute approximate surface area is 252 Å². The van der Waals surface area contributed by atoms with Crippen molar-refractivity contribution >= 4 is 12.2 Å². The van der Waals surface area contributed by atoms with E-state index in [1.807, 2.05) is 0 Å². The third kappa shape index (κ3) is 7.22. The summed E-state index contributed by atoms with van der Waals surface area (Å²) in [6, 6.07) is 27.6. The van der Waals surface area contributed by atoms with Crippen LogP contribution in [-0.4, -0.2) is 28.4 Å². The molecule has 0 amide bonds. The summed E-state index contributed by atoms with van der Waals surface area (Å²) in [6.45, 7) is 0. The van der Waals surface area contributed by atoms with Crippen LogP contribution in [0.1, 0.15) is 29.6 Å². The van der Waals surface area contributed by atoms with Gasteiger partial charge in [-0.15, -0.1) is 0 Å². The first-order chi connectivity index (χ1) is 20.0. The Kier molecular flexibility index (Phi) is 10.7. The number of methoxy groups -OCH3 is 4. The molecule has 0 spiro atoms. The van der Waals surface area contributed by atoms with Crippen LogP contribution in [-0.2, 0) is 22.9 Å². The van der Waals surface area contributed by atoms with Gasteiger partial charge in [-0.3, -0.25) is 0 Å². The second-order valence-corrected chi connectivity index (χ2v) is 14.7. The maximum atomic E-state index is 11.2. The third-order valence-corrected chi connectivity index (χ3v) is 12.9. The zero-order valence-corrected chi connectivity index (χ0v) is 27.1. The second-order valence-electron chi connectivity index (χ2n) is 9.08. The van der Waals surface area contributed by atoms with E-state index in [0.29, 0.717) is 23.0 Å². The van der Waals surface area contributed by atoms with Gasteiger partial charge in [0.15, 0.2) is 0 Å². The summed E-state index contributed by atoms with van der Waals surface area (Å²) in [5, 5.41) is 22.4. The van der Waals surface area contributed by atoms with Crippen molar-refractivity contribution in [1.29, 1.82) is 0 Å². The van der Waals surface area contributed by atoms with Crippen LogP contribution in [0.25, 0.3) is 12.2 Å². The van der Waals surface area contributed by atoms with Gasteiger partial charge in [0.25, 0.3) is 0 Å². The van der Waals surface area contributed by atoms with E-state index in [2.05, 4.69) is 72.8 Å². The fraction of sp³-hybridized carbons (Fsp3) is 0.176. The summed E-state index contributed by atoms with van der Waals surface area (Å²) < 4.78 is 20.7. The van der Waals surface area contributed by atoms with Gasteiger partial charge in [0.1, 0.15) is 23.0 Å². The molecule has 0 N–H and O–H groups in total. The van der Waals surface area contributed by atoms with Gasteiger partial charge >= 0.3 is 125 Å². The first-order valence-electron chi connectivity index (χ1n) is 13.1. The molecule has 6 rings (SSSR count). The minimum atomic E-state index is -0.790. The van der Waals surface area contributed by atoms with Crippen molar-refractivity contribution in [2.24, 2.45) is 0 Å². The molecule has 0 bridgehead atoms. The number of rotatable bonds is 6. The van der Waals surface area contributed by atoms with E-state index in [1.165, 1.54) is 39.6 Å². The molecule has 6 nitrogen and oxygen atoms in total. The van der Waals surface area contributed by atoms with Crippen LogP contribution in [0.2, 0.25) is 0 Å². The molecule has 2 unspecified atom stereocenters. The topological polar surface area (TPSA) is 83.0 Å². The summed E-state index contributed by atoms with van der Waals surface area (Å²) in [6.07, 6.45) is 9.53. The predicted octanol–water partition coefficient (Wildman–Crippen LogP) is 6.16. The van der Waals surface area contributed by atoms with Crippen molar-refractivity contribution in [3.05, 3.63) is 119 Å². The molecule has 0 radical (unpaired) electrons. The van der Waals surface area contributed by atoms with Crippen molar-refractivity contribution in [1.82, 2.24) is 0 Å². The molecule has 41 heavy (non-hydrogen) atoms. The van der Waals surface area contributed by atoms with Gasteiger partial charge in [0, 0.05) is 0 Å². The molecule has 2 aliphatic carbocycles. The maximum Gasteiger partial charge on any atom is 0.114 e. The Balaban J connectivity index is 0.000000153. The first kappa shape index (κ1) is 30.0. The molecule has 0 fully saturated rings. The van der Waals surface area contributed by atoms with Crippen LogP contribution in [0.15, 0.2) is 97.1 Å². The number of para-hydroxylation sites is 2. The summed E-state index contributed by atoms with van der Waals surface area (Å²) in [4.78, 5) is 0. The number of benzene rings is 4. The molecule has 0 heterocycles. The second kappa shape index (κ2) is 14.6. The molecule has 0 aromatic heterocycles. The van der Waals surface area contributed by atoms with Crippen LogP contribution < -0.4 is 29.2 Å². The Morgan fingerprint density at radius 2 is 0.829 bits per heavy atom. The summed E-state index contributed by atoms with van der Waals surface area (Å²) in [7, 11) is 5.82. The molecule has 208 valence electrons. The molecular formula is C34H32HfO6. The van der Waals surface area contributed by atoms with Gasteiger partial charge in [-0.1, -0.05) is 12.1 Å². The van der Waals surface area contributed by atoms with E-state index in [-0.39, 0.29) is 11.5 Å². The zero-order chi connectivity index (χ0) is 29.2. The molecule has 2 aliphatic rings. The number of fused-ring (bicyclic) bond motifs is 2. The molecule has 4 aromatic carbocycles. The smallest absolute Gasteiger partial charge is 0.114 e. The average Bonchev–Trinajstić information content (AvgIpc) is 3.62. The van der Waals surface area contributed by atoms with Crippen LogP contribution in [0, 0.1) is 0 Å². The fourth-order valence-corrected chi connectivity index (χ4v) is 10.7. The molecule has 7 heteroatoms. The summed E-state index contributed by atoms with van der Waals surface area (Å²) >= 11 is -0.790. The van der Waals surface area contributed by atoms with Gasteiger partial charge in [0.2, 0.25) is 0 Å². The van der Waals surface area contributed by atoms with E-state index in [0.717, 1.165) is 7.35 Å². The van der Waals surface area contributed by atoms with Crippen molar-refractivity contribution in [2.75, 3.05) is 28.4 Å². The van der Waals surface area contributed by atoms with Gasteiger partial charge in [0.05, 0.1) is 28.4 Å². The molecular weight excluding hydrogens is 683 g/mol. The molecule has 0 saturated heterocycles. The van der Waals surface area contributed by atoms with Crippen LogP contribution in [0.5, 0.6) is 34.5 Å². The van der Waals surface area contributed by atoms with Crippen LogP contribution in [0.4, 0.5) is 0 Å². The van der Waals surface area contributed by atoms with Gasteiger partial charge in [-0.25, -0.2) is 0 Å². The number of ether oxygens (including phenoxy) is 4. The Morgan fingerprint density at radius 3 is 1.17 bits per heavy atom. The Morgan fingerprint density at radius 1 is 0.488 bits per heavy atom. The normalized spacial score (nSPS) is 15.2. The van der Waals surface area contributed by atoms with Crippen molar-refractivity contribution in [2.45, 2.75) is 7.35 Å². The van der Waals surface area contributed by atoms with Crippen molar-refractivity contribution in [3.8, 4) is 34.5 Å². The van der Waals surface area contributed by atoms with E-state index >= 15 is 0 Å². The Bertz CT molecular complexity index is 1360. The molecule has 0 aliphatic heterocycles. The summed E-state index contributed by atoms with van der Waals surface area (Å²) in [5.41, 5.74) is 6.03. The third-order valence-electron chi connectivity index (χ3n) is 6.72. The van der Waals surface area contributed by atoms with E-state index in [4.69, 9.17) is 18.9 Å². The predicted molar refractivity (Wildman–Crippen MR) is 154 cm³/mol. The number of hydrogen-bond acceptors (Lipinski definition) is 6. The van der Waals surface area contributed by atoms with Gasteiger partial charge in [-0.2, -0.15) is 0 Å². The van der Waals surface area contributed by atoms with E-state index in [9.17, 15) is 10.2 Å². The van der Waals surface area contributed by atoms with Crippen molar-refractivity contribution < 1.29 is 52.1 Å². The summed E-state index contributed by atoms with van der Waals surface area (Å²) in [5.74, 6) is 0.817. The van der Waals surface area contributed by atoms with Crippen molar-refractivity contribution in [3.63, 3.8) is 0 Å². The standard InChI is InChI=1S/2C9H7.2C8H10O3.Hf/c2*1-2-5-9-7-3-6-8(9)4-1;2*1-10-6-4-3-5-7(11-2)8(6)9;/h2*1-7H;2*3-5,9H,1-2H3;/q;;;;+2/p-2. The maximum absolute atomic E-state index is 11.2. The quantitative estimate of drug-likeness (QED) is 0.223. The first-order valence-corrected chi connectivity index (χ1v) is 17.2. The Hall–Kier alpha value is -3.97. The SMILES string of the molecule is C1=C[CH]([Hf+2][CH]2C=Cc3ccccc32)c2ccccc21.COc1cccc(OC)c1[O-].COc1cccc(OC)c1[O-]. The van der Waals surface area contributed by atoms with E-state index < -0.39 is 22.9 Å². The molecule has 2 atom stereocenters. The minimum Gasteiger partial charge on any atom is -0.867 e. The molecule has 4 aromatic rings. The zero-order valence-electron chi connectivity index (χ0n) is 23.5. The largest absolute Gasteiger partial charge is 0.867 e. The average molecular weight is 715 g/mol. The van der Waals surface area contributed by atoms with Gasteiger partial charge in [-0.05, 0) is 35.8 Å². The number of allylic oxidation sites excluding steroid dienone is 2. The minimum absolute atomic E-state index is 0.211.